The molecule has 12 rings (SSSR count). The van der Waals surface area contributed by atoms with Crippen molar-refractivity contribution in [2.24, 2.45) is 0 Å². The first-order valence-corrected chi connectivity index (χ1v) is 24.8. The summed E-state index contributed by atoms with van der Waals surface area (Å²) in [6.45, 7) is 6.73. The van der Waals surface area contributed by atoms with E-state index < -0.39 is 5.41 Å². The van der Waals surface area contributed by atoms with Crippen LogP contribution in [0, 0.1) is 0 Å². The highest BCUT2D eigenvalue weighted by Crippen LogP contribution is 2.56. The molecule has 0 bridgehead atoms. The standard InChI is InChI=1S/C68H48N6/c1-3-23-54(66-71-62(47-24-8-4-9-25-47)69-63(72-66)48-26-10-5-11-27-48)42-46(2)51-32-21-36-56(44-51)68(60-40-18-16-38-58(60)59-39-17-19-41-61(59)68)57-37-22-34-53(45-57)52-33-20-35-55(43-52)67-73-64(49-28-12-6-13-29-49)70-65(74-67)50-30-14-7-15-31-50/h3-45H,2H2,1H3. The molecular formula is C68H48N6. The first-order chi connectivity index (χ1) is 36.5. The van der Waals surface area contributed by atoms with Crippen LogP contribution in [0.5, 0.6) is 0 Å². The van der Waals surface area contributed by atoms with Crippen molar-refractivity contribution < 1.29 is 0 Å². The summed E-state index contributed by atoms with van der Waals surface area (Å²) in [5.41, 5.74) is 15.8. The number of fused-ring (bicyclic) bond motifs is 3. The van der Waals surface area contributed by atoms with Crippen LogP contribution in [0.4, 0.5) is 0 Å². The molecule has 1 aliphatic rings. The van der Waals surface area contributed by atoms with Gasteiger partial charge in [-0.05, 0) is 86.8 Å². The van der Waals surface area contributed by atoms with Gasteiger partial charge in [-0.1, -0.05) is 243 Å². The van der Waals surface area contributed by atoms with E-state index in [1.54, 1.807) is 0 Å². The Balaban J connectivity index is 0.976. The molecule has 0 radical (unpaired) electrons. The molecule has 9 aromatic carbocycles. The van der Waals surface area contributed by atoms with E-state index in [9.17, 15) is 0 Å². The number of rotatable bonds is 12. The maximum atomic E-state index is 5.07. The maximum Gasteiger partial charge on any atom is 0.164 e. The summed E-state index contributed by atoms with van der Waals surface area (Å²) in [7, 11) is 0. The molecule has 2 aromatic heterocycles. The van der Waals surface area contributed by atoms with E-state index in [1.807, 2.05) is 140 Å². The highest BCUT2D eigenvalue weighted by molar-refractivity contribution is 5.89. The number of nitrogens with zero attached hydrogens (tertiary/aromatic N) is 6. The normalized spacial score (nSPS) is 12.6. The van der Waals surface area contributed by atoms with Gasteiger partial charge in [0.05, 0.1) is 5.41 Å². The molecule has 0 N–H and O–H groups in total. The fourth-order valence-corrected chi connectivity index (χ4v) is 10.3. The van der Waals surface area contributed by atoms with Crippen molar-refractivity contribution in [2.45, 2.75) is 12.3 Å². The van der Waals surface area contributed by atoms with Gasteiger partial charge >= 0.3 is 0 Å². The van der Waals surface area contributed by atoms with E-state index >= 15 is 0 Å². The van der Waals surface area contributed by atoms with Gasteiger partial charge in [0.25, 0.3) is 0 Å². The van der Waals surface area contributed by atoms with Crippen LogP contribution in [0.2, 0.25) is 0 Å². The Bertz CT molecular complexity index is 3760. The van der Waals surface area contributed by atoms with Crippen LogP contribution in [0.3, 0.4) is 0 Å². The monoisotopic (exact) mass is 948 g/mol. The van der Waals surface area contributed by atoms with E-state index in [4.69, 9.17) is 36.5 Å². The largest absolute Gasteiger partial charge is 0.208 e. The first-order valence-electron chi connectivity index (χ1n) is 24.8. The fraction of sp³-hybridized carbons (Fsp3) is 0.0294. The zero-order valence-corrected chi connectivity index (χ0v) is 40.7. The molecule has 0 saturated heterocycles. The van der Waals surface area contributed by atoms with Gasteiger partial charge in [0.2, 0.25) is 0 Å². The molecule has 0 saturated carbocycles. The van der Waals surface area contributed by atoms with Gasteiger partial charge in [0, 0.05) is 33.4 Å². The van der Waals surface area contributed by atoms with Gasteiger partial charge in [-0.15, -0.1) is 0 Å². The summed E-state index contributed by atoms with van der Waals surface area (Å²) in [6.07, 6.45) is 6.15. The SMILES string of the molecule is C=C(C=C(C=CC)c1nc(-c2ccccc2)nc(-c2ccccc2)n1)c1cccc(C2(c3cccc(-c4cccc(-c5nc(-c6ccccc6)nc(-c6ccccc6)n5)c4)c3)c3ccccc3-c3ccccc32)c1. The first kappa shape index (κ1) is 45.4. The quantitative estimate of drug-likeness (QED) is 0.114. The molecule has 0 spiro atoms. The minimum atomic E-state index is -0.681. The molecule has 2 heterocycles. The van der Waals surface area contributed by atoms with Crippen molar-refractivity contribution in [1.82, 2.24) is 29.9 Å². The maximum absolute atomic E-state index is 5.07. The summed E-state index contributed by atoms with van der Waals surface area (Å²) in [4.78, 5) is 30.2. The smallest absolute Gasteiger partial charge is 0.164 e. The van der Waals surface area contributed by atoms with E-state index in [1.165, 1.54) is 22.3 Å². The van der Waals surface area contributed by atoms with Gasteiger partial charge in [0.15, 0.2) is 34.9 Å². The predicted molar refractivity (Wildman–Crippen MR) is 301 cm³/mol. The van der Waals surface area contributed by atoms with Gasteiger partial charge in [0.1, 0.15) is 0 Å². The molecule has 350 valence electrons. The Labute approximate surface area is 431 Å². The van der Waals surface area contributed by atoms with Crippen LogP contribution in [0.15, 0.2) is 267 Å². The average molecular weight is 949 g/mol. The summed E-state index contributed by atoms with van der Waals surface area (Å²) in [5, 5.41) is 0. The van der Waals surface area contributed by atoms with Crippen LogP contribution in [0.1, 0.15) is 40.6 Å². The second kappa shape index (κ2) is 19.8. The molecule has 0 aliphatic heterocycles. The lowest BCUT2D eigenvalue weighted by Gasteiger charge is -2.34. The van der Waals surface area contributed by atoms with Crippen molar-refractivity contribution >= 4 is 11.1 Å². The molecule has 0 atom stereocenters. The molecular weight excluding hydrogens is 901 g/mol. The zero-order valence-electron chi connectivity index (χ0n) is 40.7. The third-order valence-electron chi connectivity index (χ3n) is 13.7. The fourth-order valence-electron chi connectivity index (χ4n) is 10.3. The Morgan fingerprint density at radius 2 is 0.743 bits per heavy atom. The van der Waals surface area contributed by atoms with Crippen LogP contribution in [0.25, 0.3) is 90.3 Å². The van der Waals surface area contributed by atoms with Crippen molar-refractivity contribution in [3.8, 4) is 79.2 Å². The number of aromatic nitrogens is 6. The minimum Gasteiger partial charge on any atom is -0.208 e. The lowest BCUT2D eigenvalue weighted by atomic mass is 9.67. The Hall–Kier alpha value is -9.78. The predicted octanol–water partition coefficient (Wildman–Crippen LogP) is 16.1. The van der Waals surface area contributed by atoms with E-state index in [0.717, 1.165) is 66.8 Å². The van der Waals surface area contributed by atoms with Gasteiger partial charge in [-0.3, -0.25) is 0 Å². The lowest BCUT2D eigenvalue weighted by molar-refractivity contribution is 0.768. The van der Waals surface area contributed by atoms with E-state index in [-0.39, 0.29) is 0 Å². The van der Waals surface area contributed by atoms with Crippen LogP contribution < -0.4 is 0 Å². The third-order valence-corrected chi connectivity index (χ3v) is 13.7. The Morgan fingerprint density at radius 3 is 1.24 bits per heavy atom. The van der Waals surface area contributed by atoms with Crippen molar-refractivity contribution in [3.05, 3.63) is 301 Å². The van der Waals surface area contributed by atoms with Crippen molar-refractivity contribution in [1.29, 1.82) is 0 Å². The molecule has 0 unspecified atom stereocenters. The average Bonchev–Trinajstić information content (AvgIpc) is 3.80. The van der Waals surface area contributed by atoms with E-state index in [2.05, 4.69) is 127 Å². The van der Waals surface area contributed by atoms with Crippen molar-refractivity contribution in [3.63, 3.8) is 0 Å². The molecule has 74 heavy (non-hydrogen) atoms. The van der Waals surface area contributed by atoms with Crippen LogP contribution >= 0.6 is 0 Å². The molecule has 1 aliphatic carbocycles. The highest BCUT2D eigenvalue weighted by atomic mass is 15.0. The van der Waals surface area contributed by atoms with Crippen molar-refractivity contribution in [2.75, 3.05) is 0 Å². The van der Waals surface area contributed by atoms with Gasteiger partial charge < -0.3 is 0 Å². The van der Waals surface area contributed by atoms with Gasteiger partial charge in [-0.2, -0.15) is 0 Å². The number of allylic oxidation sites excluding steroid dienone is 5. The molecule has 0 fully saturated rings. The number of benzene rings is 9. The third kappa shape index (κ3) is 8.54. The second-order valence-corrected chi connectivity index (χ2v) is 18.3. The highest BCUT2D eigenvalue weighted by Gasteiger charge is 2.46. The Morgan fingerprint density at radius 1 is 0.365 bits per heavy atom. The minimum absolute atomic E-state index is 0.563. The number of hydrogen-bond donors (Lipinski definition) is 0. The summed E-state index contributed by atoms with van der Waals surface area (Å²) in [5.74, 6) is 3.63. The van der Waals surface area contributed by atoms with Gasteiger partial charge in [-0.25, -0.2) is 29.9 Å². The second-order valence-electron chi connectivity index (χ2n) is 18.3. The molecule has 11 aromatic rings. The summed E-state index contributed by atoms with van der Waals surface area (Å²) in [6, 6.07) is 84.4. The molecule has 6 nitrogen and oxygen atoms in total. The summed E-state index contributed by atoms with van der Waals surface area (Å²) < 4.78 is 0. The molecule has 0 amide bonds. The lowest BCUT2D eigenvalue weighted by Crippen LogP contribution is -2.28. The Kier molecular flexibility index (Phi) is 12.1. The zero-order chi connectivity index (χ0) is 49.8. The molecule has 6 heteroatoms. The van der Waals surface area contributed by atoms with Crippen LogP contribution in [-0.4, -0.2) is 29.9 Å². The van der Waals surface area contributed by atoms with Crippen LogP contribution in [-0.2, 0) is 5.41 Å². The summed E-state index contributed by atoms with van der Waals surface area (Å²) >= 11 is 0. The topological polar surface area (TPSA) is 77.3 Å². The van der Waals surface area contributed by atoms with E-state index in [0.29, 0.717) is 34.9 Å². The number of hydrogen-bond acceptors (Lipinski definition) is 6.